The zero-order chi connectivity index (χ0) is 18.2. The van der Waals surface area contributed by atoms with Crippen LogP contribution in [0.1, 0.15) is 24.1 Å². The summed E-state index contributed by atoms with van der Waals surface area (Å²) in [7, 11) is 0. The highest BCUT2D eigenvalue weighted by atomic mass is 19.4. The highest BCUT2D eigenvalue weighted by Gasteiger charge is 2.34. The van der Waals surface area contributed by atoms with Crippen molar-refractivity contribution in [2.45, 2.75) is 19.0 Å². The van der Waals surface area contributed by atoms with E-state index in [2.05, 4.69) is 10.3 Å². The number of alkyl halides is 3. The normalized spacial score (nSPS) is 16.7. The van der Waals surface area contributed by atoms with Crippen LogP contribution in [0.25, 0.3) is 0 Å². The molecule has 4 nitrogen and oxygen atoms in total. The Balaban J connectivity index is 1.79. The van der Waals surface area contributed by atoms with Crippen LogP contribution in [0.2, 0.25) is 0 Å². The van der Waals surface area contributed by atoms with Crippen LogP contribution in [0, 0.1) is 5.82 Å². The Morgan fingerprint density at radius 1 is 1.32 bits per heavy atom. The summed E-state index contributed by atoms with van der Waals surface area (Å²) in [6.45, 7) is 2.96. The lowest BCUT2D eigenvalue weighted by Crippen LogP contribution is -2.27. The van der Waals surface area contributed by atoms with E-state index in [4.69, 9.17) is 0 Å². The van der Waals surface area contributed by atoms with Crippen LogP contribution in [-0.4, -0.2) is 24.0 Å². The third-order valence-corrected chi connectivity index (χ3v) is 4.13. The number of nitrogens with zero attached hydrogens (tertiary/aromatic N) is 2. The second kappa shape index (κ2) is 6.34. The van der Waals surface area contributed by atoms with Crippen LogP contribution in [0.4, 0.5) is 28.9 Å². The molecule has 0 saturated heterocycles. The molecule has 0 aliphatic carbocycles. The maximum absolute atomic E-state index is 13.5. The Hall–Kier alpha value is -2.64. The first-order chi connectivity index (χ1) is 11.8. The summed E-state index contributed by atoms with van der Waals surface area (Å²) in [6.07, 6.45) is -3.58. The van der Waals surface area contributed by atoms with E-state index >= 15 is 0 Å². The van der Waals surface area contributed by atoms with E-state index in [-0.39, 0.29) is 5.69 Å². The molecule has 0 radical (unpaired) electrons. The lowest BCUT2D eigenvalue weighted by atomic mass is 10.0. The number of carbonyl (C=O) groups is 1. The fourth-order valence-corrected chi connectivity index (χ4v) is 2.90. The first-order valence-electron chi connectivity index (χ1n) is 7.68. The van der Waals surface area contributed by atoms with Crippen LogP contribution in [0.15, 0.2) is 36.5 Å². The molecule has 132 valence electrons. The highest BCUT2D eigenvalue weighted by Crippen LogP contribution is 2.37. The second-order valence-electron chi connectivity index (χ2n) is 5.71. The minimum Gasteiger partial charge on any atom is -0.370 e. The first kappa shape index (κ1) is 17.2. The number of fused-ring (bicyclic) bond motifs is 1. The number of rotatable bonds is 3. The molecular weight excluding hydrogens is 338 g/mol. The summed E-state index contributed by atoms with van der Waals surface area (Å²) < 4.78 is 51.1. The van der Waals surface area contributed by atoms with Gasteiger partial charge in [-0.15, -0.1) is 0 Å². The second-order valence-corrected chi connectivity index (χ2v) is 5.71. The molecule has 0 fully saturated rings. The van der Waals surface area contributed by atoms with Crippen molar-refractivity contribution in [1.29, 1.82) is 0 Å². The van der Waals surface area contributed by atoms with Gasteiger partial charge in [-0.3, -0.25) is 4.79 Å². The van der Waals surface area contributed by atoms with Crippen molar-refractivity contribution in [3.8, 4) is 0 Å². The van der Waals surface area contributed by atoms with E-state index in [1.165, 1.54) is 12.1 Å². The SMILES string of the molecule is CCN1CC(C(=O)Nc2ccc(C(F)(F)F)nc2)c2cc(F)ccc21. The van der Waals surface area contributed by atoms with Gasteiger partial charge in [0.05, 0.1) is 17.8 Å². The smallest absolute Gasteiger partial charge is 0.370 e. The van der Waals surface area contributed by atoms with Gasteiger partial charge in [0.15, 0.2) is 0 Å². The largest absolute Gasteiger partial charge is 0.433 e. The summed E-state index contributed by atoms with van der Waals surface area (Å²) >= 11 is 0. The topological polar surface area (TPSA) is 45.2 Å². The molecule has 2 heterocycles. The van der Waals surface area contributed by atoms with Crippen LogP contribution >= 0.6 is 0 Å². The first-order valence-corrected chi connectivity index (χ1v) is 7.68. The average Bonchev–Trinajstić information content (AvgIpc) is 2.92. The van der Waals surface area contributed by atoms with Crippen molar-refractivity contribution >= 4 is 17.3 Å². The lowest BCUT2D eigenvalue weighted by Gasteiger charge is -2.17. The van der Waals surface area contributed by atoms with Gasteiger partial charge in [-0.05, 0) is 42.8 Å². The third kappa shape index (κ3) is 3.42. The molecule has 8 heteroatoms. The van der Waals surface area contributed by atoms with Gasteiger partial charge in [-0.25, -0.2) is 9.37 Å². The Morgan fingerprint density at radius 3 is 2.68 bits per heavy atom. The van der Waals surface area contributed by atoms with Crippen LogP contribution in [0.3, 0.4) is 0 Å². The van der Waals surface area contributed by atoms with Crippen LogP contribution in [0.5, 0.6) is 0 Å². The number of pyridine rings is 1. The van der Waals surface area contributed by atoms with Crippen molar-refractivity contribution in [2.24, 2.45) is 0 Å². The molecule has 1 atom stereocenters. The summed E-state index contributed by atoms with van der Waals surface area (Å²) in [5.41, 5.74) is 0.482. The molecule has 1 unspecified atom stereocenters. The zero-order valence-electron chi connectivity index (χ0n) is 13.3. The number of benzene rings is 1. The van der Waals surface area contributed by atoms with E-state index in [1.807, 2.05) is 11.8 Å². The molecule has 1 N–H and O–H groups in total. The van der Waals surface area contributed by atoms with Gasteiger partial charge in [-0.1, -0.05) is 0 Å². The Kier molecular flexibility index (Phi) is 4.36. The summed E-state index contributed by atoms with van der Waals surface area (Å²) in [4.78, 5) is 17.8. The molecule has 3 rings (SSSR count). The quantitative estimate of drug-likeness (QED) is 0.854. The van der Waals surface area contributed by atoms with Crippen molar-refractivity contribution < 1.29 is 22.4 Å². The van der Waals surface area contributed by atoms with Gasteiger partial charge >= 0.3 is 6.18 Å². The number of anilines is 2. The fourth-order valence-electron chi connectivity index (χ4n) is 2.90. The molecule has 1 aliphatic heterocycles. The minimum atomic E-state index is -4.54. The van der Waals surface area contributed by atoms with Crippen molar-refractivity contribution in [3.63, 3.8) is 0 Å². The zero-order valence-corrected chi connectivity index (χ0v) is 13.3. The standard InChI is InChI=1S/C17H15F4N3O/c1-2-24-9-13(12-7-10(18)3-5-14(12)24)16(25)23-11-4-6-15(22-8-11)17(19,20)21/h3-8,13H,2,9H2,1H3,(H,23,25). The van der Waals surface area contributed by atoms with E-state index in [1.54, 1.807) is 6.07 Å². The van der Waals surface area contributed by atoms with Crippen LogP contribution < -0.4 is 10.2 Å². The molecule has 0 spiro atoms. The molecular formula is C17H15F4N3O. The minimum absolute atomic E-state index is 0.158. The van der Waals surface area contributed by atoms with Gasteiger partial charge in [0, 0.05) is 18.8 Å². The van der Waals surface area contributed by atoms with E-state index in [0.717, 1.165) is 24.0 Å². The summed E-state index contributed by atoms with van der Waals surface area (Å²) in [5, 5.41) is 2.55. The highest BCUT2D eigenvalue weighted by molar-refractivity contribution is 5.98. The summed E-state index contributed by atoms with van der Waals surface area (Å²) in [5.74, 6) is -1.46. The lowest BCUT2D eigenvalue weighted by molar-refractivity contribution is -0.141. The number of carbonyl (C=O) groups excluding carboxylic acids is 1. The number of nitrogens with one attached hydrogen (secondary N) is 1. The number of hydrogen-bond acceptors (Lipinski definition) is 3. The van der Waals surface area contributed by atoms with Gasteiger partial charge < -0.3 is 10.2 Å². The molecule has 1 aliphatic rings. The van der Waals surface area contributed by atoms with Gasteiger partial charge in [0.1, 0.15) is 11.5 Å². The molecule has 0 saturated carbocycles. The van der Waals surface area contributed by atoms with Crippen molar-refractivity contribution in [1.82, 2.24) is 4.98 Å². The van der Waals surface area contributed by atoms with E-state index in [9.17, 15) is 22.4 Å². The van der Waals surface area contributed by atoms with Gasteiger partial charge in [-0.2, -0.15) is 13.2 Å². The number of aromatic nitrogens is 1. The summed E-state index contributed by atoms with van der Waals surface area (Å²) in [6, 6.07) is 6.23. The molecule has 0 bridgehead atoms. The number of amides is 1. The van der Waals surface area contributed by atoms with E-state index < -0.39 is 29.5 Å². The van der Waals surface area contributed by atoms with Crippen LogP contribution in [-0.2, 0) is 11.0 Å². The van der Waals surface area contributed by atoms with Crippen molar-refractivity contribution in [2.75, 3.05) is 23.3 Å². The van der Waals surface area contributed by atoms with Gasteiger partial charge in [0.25, 0.3) is 0 Å². The molecule has 1 aromatic heterocycles. The average molecular weight is 353 g/mol. The molecule has 1 amide bonds. The molecule has 2 aromatic rings. The predicted octanol–water partition coefficient (Wildman–Crippen LogP) is 3.80. The van der Waals surface area contributed by atoms with Gasteiger partial charge in [0.2, 0.25) is 5.91 Å². The number of hydrogen-bond donors (Lipinski definition) is 1. The number of likely N-dealkylation sites (N-methyl/N-ethyl adjacent to an activating group) is 1. The van der Waals surface area contributed by atoms with E-state index in [0.29, 0.717) is 18.7 Å². The fraction of sp³-hybridized carbons (Fsp3) is 0.294. The number of halogens is 4. The predicted molar refractivity (Wildman–Crippen MR) is 84.9 cm³/mol. The maximum atomic E-state index is 13.5. The maximum Gasteiger partial charge on any atom is 0.433 e. The monoisotopic (exact) mass is 353 g/mol. The van der Waals surface area contributed by atoms with Crippen molar-refractivity contribution in [3.05, 3.63) is 53.6 Å². The Morgan fingerprint density at radius 2 is 2.08 bits per heavy atom. The third-order valence-electron chi connectivity index (χ3n) is 4.13. The molecule has 1 aromatic carbocycles. The Labute approximate surface area is 141 Å². The molecule has 25 heavy (non-hydrogen) atoms. The Bertz CT molecular complexity index is 789.